The number of amides is 2. The van der Waals surface area contributed by atoms with Crippen molar-refractivity contribution in [2.45, 2.75) is 42.1 Å². The zero-order valence-electron chi connectivity index (χ0n) is 19.9. The molecule has 0 spiro atoms. The summed E-state index contributed by atoms with van der Waals surface area (Å²) in [6.45, 7) is 1.26. The van der Waals surface area contributed by atoms with Gasteiger partial charge >= 0.3 is 12.2 Å². The predicted molar refractivity (Wildman–Crippen MR) is 128 cm³/mol. The van der Waals surface area contributed by atoms with Crippen LogP contribution in [0, 0.1) is 22.7 Å². The largest absolute Gasteiger partial charge is 0.416 e. The zero-order chi connectivity index (χ0) is 28.2. The van der Waals surface area contributed by atoms with E-state index in [0.717, 1.165) is 36.6 Å². The van der Waals surface area contributed by atoms with Crippen LogP contribution in [0.4, 0.5) is 23.7 Å². The summed E-state index contributed by atoms with van der Waals surface area (Å²) in [5, 5.41) is 18.4. The van der Waals surface area contributed by atoms with Gasteiger partial charge in [0.05, 0.1) is 44.7 Å². The van der Waals surface area contributed by atoms with Gasteiger partial charge in [-0.1, -0.05) is 12.1 Å². The van der Waals surface area contributed by atoms with Crippen LogP contribution in [0.2, 0.25) is 0 Å². The molecule has 9 nitrogen and oxygen atoms in total. The molecule has 0 bridgehead atoms. The van der Waals surface area contributed by atoms with Gasteiger partial charge in [0.1, 0.15) is 6.04 Å². The van der Waals surface area contributed by atoms with Gasteiger partial charge < -0.3 is 0 Å². The van der Waals surface area contributed by atoms with Crippen molar-refractivity contribution in [2.75, 3.05) is 11.2 Å². The summed E-state index contributed by atoms with van der Waals surface area (Å²) in [5.74, 6) is 0. The van der Waals surface area contributed by atoms with Gasteiger partial charge in [-0.3, -0.25) is 4.90 Å². The number of rotatable bonds is 5. The smallest absolute Gasteiger partial charge is 0.265 e. The van der Waals surface area contributed by atoms with E-state index in [9.17, 15) is 45.3 Å². The van der Waals surface area contributed by atoms with Gasteiger partial charge in [0.25, 0.3) is 0 Å². The van der Waals surface area contributed by atoms with Gasteiger partial charge in [-0.2, -0.15) is 23.7 Å². The number of hydrogen-bond acceptors (Lipinski definition) is 7. The minimum Gasteiger partial charge on any atom is -0.265 e. The number of nitrogens with zero attached hydrogens (tertiary/aromatic N) is 4. The highest BCUT2D eigenvalue weighted by atomic mass is 32.2. The average molecular weight is 565 g/mol. The fourth-order valence-corrected chi connectivity index (χ4v) is 7.08. The highest BCUT2D eigenvalue weighted by molar-refractivity contribution is 7.91. The van der Waals surface area contributed by atoms with Crippen molar-refractivity contribution in [1.29, 1.82) is 10.5 Å². The Hall–Kier alpha value is -3.88. The van der Waals surface area contributed by atoms with Gasteiger partial charge in [-0.15, -0.1) is 0 Å². The molecule has 38 heavy (non-hydrogen) atoms. The normalized spacial score (nSPS) is 18.8. The molecule has 198 valence electrons. The number of alkyl halides is 3. The Morgan fingerprint density at radius 3 is 2.18 bits per heavy atom. The topological polar surface area (TPSA) is 139 Å². The summed E-state index contributed by atoms with van der Waals surface area (Å²) >= 11 is 0. The van der Waals surface area contributed by atoms with Crippen LogP contribution in [-0.4, -0.2) is 38.7 Å². The molecule has 2 amide bonds. The fraction of sp³-hybridized carbons (Fsp3) is 0.292. The highest BCUT2D eigenvalue weighted by Gasteiger charge is 2.52. The van der Waals surface area contributed by atoms with Crippen LogP contribution in [0.15, 0.2) is 58.6 Å². The standard InChI is InChI=1S/C24H19F3N4O5S2/c1-14-20(13-29)22(19-9-6-15(12-28)10-21(19)37(2,33)34)31(38(35,36)18-7-8-18)23(32)30(14)17-5-3-4-16(11-17)24(25,26)27/h3-6,9-11,18,22H,7-8H2,1-2H3/t22-/m1/s1. The van der Waals surface area contributed by atoms with Crippen molar-refractivity contribution in [2.24, 2.45) is 0 Å². The number of hydrogen-bond donors (Lipinski definition) is 0. The van der Waals surface area contributed by atoms with E-state index in [1.54, 1.807) is 6.07 Å². The summed E-state index contributed by atoms with van der Waals surface area (Å²) in [5.41, 5.74) is -2.25. The quantitative estimate of drug-likeness (QED) is 0.529. The van der Waals surface area contributed by atoms with Crippen molar-refractivity contribution < 1.29 is 34.8 Å². The number of carbonyl (C=O) groups is 1. The molecule has 1 heterocycles. The fourth-order valence-electron chi connectivity index (χ4n) is 4.27. The number of allylic oxidation sites excluding steroid dienone is 1. The van der Waals surface area contributed by atoms with E-state index in [1.807, 2.05) is 6.07 Å². The van der Waals surface area contributed by atoms with E-state index in [2.05, 4.69) is 0 Å². The van der Waals surface area contributed by atoms with Crippen LogP contribution in [0.25, 0.3) is 0 Å². The molecule has 1 aliphatic carbocycles. The number of benzene rings is 2. The number of halogens is 3. The Morgan fingerprint density at radius 1 is 1.00 bits per heavy atom. The number of carbonyl (C=O) groups excluding carboxylic acids is 1. The SMILES string of the molecule is CC1=C(C#N)[C@@H](c2ccc(C#N)cc2S(C)(=O)=O)N(S(=O)(=O)C2CC2)C(=O)N1c1cccc(C(F)(F)F)c1. The van der Waals surface area contributed by atoms with Crippen molar-refractivity contribution in [3.8, 4) is 12.1 Å². The summed E-state index contributed by atoms with van der Waals surface area (Å²) in [6.07, 6.45) is -3.52. The predicted octanol–water partition coefficient (Wildman–Crippen LogP) is 4.25. The maximum Gasteiger partial charge on any atom is 0.416 e. The van der Waals surface area contributed by atoms with Crippen molar-refractivity contribution in [3.63, 3.8) is 0 Å². The summed E-state index contributed by atoms with van der Waals surface area (Å²) in [7, 11) is -8.58. The van der Waals surface area contributed by atoms with E-state index in [-0.39, 0.29) is 40.9 Å². The minimum absolute atomic E-state index is 0.0577. The molecule has 1 atom stereocenters. The lowest BCUT2D eigenvalue weighted by molar-refractivity contribution is -0.137. The second-order valence-electron chi connectivity index (χ2n) is 8.86. The summed E-state index contributed by atoms with van der Waals surface area (Å²) in [6, 6.07) is 7.67. The molecule has 1 fully saturated rings. The maximum atomic E-state index is 13.9. The molecule has 2 aliphatic rings. The van der Waals surface area contributed by atoms with Crippen LogP contribution in [0.3, 0.4) is 0 Å². The lowest BCUT2D eigenvalue weighted by atomic mass is 9.94. The third kappa shape index (κ3) is 4.61. The first-order valence-electron chi connectivity index (χ1n) is 11.0. The van der Waals surface area contributed by atoms with E-state index in [0.29, 0.717) is 15.3 Å². The second-order valence-corrected chi connectivity index (χ2v) is 12.9. The number of nitriles is 2. The summed E-state index contributed by atoms with van der Waals surface area (Å²) in [4.78, 5) is 14.1. The minimum atomic E-state index is -4.76. The van der Waals surface area contributed by atoms with E-state index >= 15 is 0 Å². The molecule has 0 radical (unpaired) electrons. The Labute approximate surface area is 217 Å². The number of sulfone groups is 1. The van der Waals surface area contributed by atoms with E-state index < -0.39 is 53.8 Å². The Morgan fingerprint density at radius 2 is 1.66 bits per heavy atom. The number of anilines is 1. The lowest BCUT2D eigenvalue weighted by Gasteiger charge is -2.41. The molecule has 0 saturated heterocycles. The molecular weight excluding hydrogens is 545 g/mol. The second kappa shape index (κ2) is 9.15. The highest BCUT2D eigenvalue weighted by Crippen LogP contribution is 2.46. The molecule has 2 aromatic rings. The Bertz CT molecular complexity index is 1680. The molecule has 0 aromatic heterocycles. The summed E-state index contributed by atoms with van der Waals surface area (Å²) < 4.78 is 93.0. The van der Waals surface area contributed by atoms with Crippen LogP contribution in [0.5, 0.6) is 0 Å². The molecule has 14 heteroatoms. The first kappa shape index (κ1) is 27.2. The number of urea groups is 1. The van der Waals surface area contributed by atoms with Gasteiger partial charge in [0, 0.05) is 12.0 Å². The van der Waals surface area contributed by atoms with Gasteiger partial charge in [-0.25, -0.2) is 25.9 Å². The Balaban J connectivity index is 2.05. The van der Waals surface area contributed by atoms with E-state index in [4.69, 9.17) is 0 Å². The Kier molecular flexibility index (Phi) is 6.54. The molecule has 0 N–H and O–H groups in total. The average Bonchev–Trinajstić information content (AvgIpc) is 3.69. The molecule has 2 aromatic carbocycles. The van der Waals surface area contributed by atoms with Crippen LogP contribution < -0.4 is 4.90 Å². The van der Waals surface area contributed by atoms with Crippen molar-refractivity contribution >= 4 is 31.6 Å². The molecular formula is C24H19F3N4O5S2. The number of sulfonamides is 1. The van der Waals surface area contributed by atoms with Gasteiger partial charge in [0.2, 0.25) is 10.0 Å². The van der Waals surface area contributed by atoms with Gasteiger partial charge in [-0.05, 0) is 55.7 Å². The van der Waals surface area contributed by atoms with E-state index in [1.165, 1.54) is 13.0 Å². The van der Waals surface area contributed by atoms with Crippen molar-refractivity contribution in [3.05, 3.63) is 70.4 Å². The van der Waals surface area contributed by atoms with Crippen LogP contribution in [-0.2, 0) is 26.0 Å². The van der Waals surface area contributed by atoms with Crippen LogP contribution >= 0.6 is 0 Å². The first-order valence-corrected chi connectivity index (χ1v) is 14.4. The maximum absolute atomic E-state index is 13.9. The molecule has 1 saturated carbocycles. The van der Waals surface area contributed by atoms with Crippen molar-refractivity contribution in [1.82, 2.24) is 4.31 Å². The van der Waals surface area contributed by atoms with Crippen LogP contribution in [0.1, 0.15) is 42.5 Å². The zero-order valence-corrected chi connectivity index (χ0v) is 21.5. The lowest BCUT2D eigenvalue weighted by Crippen LogP contribution is -2.53. The monoisotopic (exact) mass is 564 g/mol. The third-order valence-corrected chi connectivity index (χ3v) is 9.60. The third-order valence-electron chi connectivity index (χ3n) is 6.22. The first-order chi connectivity index (χ1) is 17.6. The molecule has 0 unspecified atom stereocenters. The molecule has 1 aliphatic heterocycles. The van der Waals surface area contributed by atoms with Gasteiger partial charge in [0.15, 0.2) is 9.84 Å². The molecule has 4 rings (SSSR count).